The van der Waals surface area contributed by atoms with Crippen molar-refractivity contribution in [2.45, 2.75) is 31.6 Å². The van der Waals surface area contributed by atoms with Crippen LogP contribution in [-0.2, 0) is 0 Å². The van der Waals surface area contributed by atoms with E-state index in [0.717, 1.165) is 25.9 Å². The fourth-order valence-corrected chi connectivity index (χ4v) is 2.47. The molecule has 2 aliphatic rings. The van der Waals surface area contributed by atoms with Gasteiger partial charge < -0.3 is 10.2 Å². The minimum absolute atomic E-state index is 0.123. The Morgan fingerprint density at radius 2 is 2.00 bits per heavy atom. The number of hydrogen-bond donors (Lipinski definition) is 2. The van der Waals surface area contributed by atoms with Gasteiger partial charge in [0.1, 0.15) is 0 Å². The van der Waals surface area contributed by atoms with Crippen LogP contribution in [0, 0.1) is 5.92 Å². The summed E-state index contributed by atoms with van der Waals surface area (Å²) < 4.78 is 0. The van der Waals surface area contributed by atoms with Crippen LogP contribution in [0.25, 0.3) is 0 Å². The predicted octanol–water partition coefficient (Wildman–Crippen LogP) is -0.219. The lowest BCUT2D eigenvalue weighted by Crippen LogP contribution is -2.32. The second-order valence-corrected chi connectivity index (χ2v) is 3.61. The van der Waals surface area contributed by atoms with Crippen molar-refractivity contribution in [2.75, 3.05) is 13.1 Å². The molecule has 2 fully saturated rings. The van der Waals surface area contributed by atoms with Gasteiger partial charge in [-0.1, -0.05) is 0 Å². The van der Waals surface area contributed by atoms with Crippen molar-refractivity contribution >= 4 is 0 Å². The first-order chi connectivity index (χ1) is 5.29. The third-order valence-electron chi connectivity index (χ3n) is 3.04. The van der Waals surface area contributed by atoms with Gasteiger partial charge in [-0.3, -0.25) is 4.90 Å². The monoisotopic (exact) mass is 157 g/mol. The second-order valence-electron chi connectivity index (χ2n) is 3.61. The van der Waals surface area contributed by atoms with Crippen LogP contribution < -0.4 is 0 Å². The van der Waals surface area contributed by atoms with Gasteiger partial charge in [0, 0.05) is 12.0 Å². The highest BCUT2D eigenvalue weighted by molar-refractivity contribution is 4.91. The summed E-state index contributed by atoms with van der Waals surface area (Å²) in [5.41, 5.74) is 0. The second kappa shape index (κ2) is 2.73. The Morgan fingerprint density at radius 3 is 2.73 bits per heavy atom. The Morgan fingerprint density at radius 1 is 1.18 bits per heavy atom. The molecule has 2 heterocycles. The first kappa shape index (κ1) is 7.53. The van der Waals surface area contributed by atoms with Gasteiger partial charge in [0.15, 0.2) is 6.29 Å². The Hall–Kier alpha value is -0.120. The molecule has 2 saturated heterocycles. The Bertz CT molecular complexity index is 149. The molecule has 0 aromatic heterocycles. The summed E-state index contributed by atoms with van der Waals surface area (Å²) >= 11 is 0. The van der Waals surface area contributed by atoms with Crippen molar-refractivity contribution in [1.82, 2.24) is 4.90 Å². The predicted molar refractivity (Wildman–Crippen MR) is 40.9 cm³/mol. The average molecular weight is 157 g/mol. The van der Waals surface area contributed by atoms with Gasteiger partial charge >= 0.3 is 0 Å². The number of fused-ring (bicyclic) bond motifs is 1. The van der Waals surface area contributed by atoms with Gasteiger partial charge in [-0.25, -0.2) is 0 Å². The molecule has 2 aliphatic heterocycles. The zero-order valence-electron chi connectivity index (χ0n) is 6.61. The summed E-state index contributed by atoms with van der Waals surface area (Å²) in [6.45, 7) is 2.22. The van der Waals surface area contributed by atoms with Gasteiger partial charge in [0.25, 0.3) is 0 Å². The minimum atomic E-state index is -1.09. The molecule has 0 aromatic carbocycles. The van der Waals surface area contributed by atoms with Gasteiger partial charge in [-0.15, -0.1) is 0 Å². The van der Waals surface area contributed by atoms with E-state index in [1.807, 2.05) is 0 Å². The van der Waals surface area contributed by atoms with E-state index in [-0.39, 0.29) is 5.92 Å². The molecule has 2 unspecified atom stereocenters. The van der Waals surface area contributed by atoms with Crippen LogP contribution >= 0.6 is 0 Å². The van der Waals surface area contributed by atoms with Crippen LogP contribution in [0.2, 0.25) is 0 Å². The molecule has 2 rings (SSSR count). The largest absolute Gasteiger partial charge is 0.368 e. The molecule has 11 heavy (non-hydrogen) atoms. The lowest BCUT2D eigenvalue weighted by molar-refractivity contribution is -0.0893. The van der Waals surface area contributed by atoms with E-state index < -0.39 is 6.29 Å². The lowest BCUT2D eigenvalue weighted by Gasteiger charge is -2.21. The van der Waals surface area contributed by atoms with E-state index in [2.05, 4.69) is 4.90 Å². The molecule has 3 nitrogen and oxygen atoms in total. The molecule has 3 heteroatoms. The van der Waals surface area contributed by atoms with Crippen molar-refractivity contribution in [1.29, 1.82) is 0 Å². The van der Waals surface area contributed by atoms with E-state index >= 15 is 0 Å². The van der Waals surface area contributed by atoms with E-state index in [1.54, 1.807) is 0 Å². The van der Waals surface area contributed by atoms with Crippen LogP contribution in [0.3, 0.4) is 0 Å². The summed E-state index contributed by atoms with van der Waals surface area (Å²) in [6, 6.07) is 0.468. The van der Waals surface area contributed by atoms with Crippen molar-refractivity contribution < 1.29 is 10.2 Å². The SMILES string of the molecule is OC(O)C1CCN2CCCC12. The topological polar surface area (TPSA) is 43.7 Å². The molecule has 2 N–H and O–H groups in total. The molecule has 0 saturated carbocycles. The molecular formula is C8H15NO2. The van der Waals surface area contributed by atoms with Gasteiger partial charge in [-0.2, -0.15) is 0 Å². The molecule has 0 spiro atoms. The Kier molecular flexibility index (Phi) is 1.87. The van der Waals surface area contributed by atoms with E-state index in [0.29, 0.717) is 6.04 Å². The number of aliphatic hydroxyl groups excluding tert-OH is 1. The van der Waals surface area contributed by atoms with Crippen LogP contribution in [0.15, 0.2) is 0 Å². The van der Waals surface area contributed by atoms with Crippen molar-refractivity contribution in [3.63, 3.8) is 0 Å². The third-order valence-corrected chi connectivity index (χ3v) is 3.04. The van der Waals surface area contributed by atoms with E-state index in [4.69, 9.17) is 10.2 Å². The van der Waals surface area contributed by atoms with Crippen LogP contribution in [0.4, 0.5) is 0 Å². The quantitative estimate of drug-likeness (QED) is 0.517. The minimum Gasteiger partial charge on any atom is -0.368 e. The highest BCUT2D eigenvalue weighted by Gasteiger charge is 2.39. The smallest absolute Gasteiger partial charge is 0.155 e. The van der Waals surface area contributed by atoms with E-state index in [1.165, 1.54) is 6.42 Å². The first-order valence-corrected chi connectivity index (χ1v) is 4.39. The normalized spacial score (nSPS) is 38.5. The van der Waals surface area contributed by atoms with Gasteiger partial charge in [0.2, 0.25) is 0 Å². The summed E-state index contributed by atoms with van der Waals surface area (Å²) in [5.74, 6) is 0.123. The van der Waals surface area contributed by atoms with Crippen LogP contribution in [-0.4, -0.2) is 40.5 Å². The van der Waals surface area contributed by atoms with Crippen LogP contribution in [0.1, 0.15) is 19.3 Å². The molecular weight excluding hydrogens is 142 g/mol. The molecule has 0 radical (unpaired) electrons. The number of nitrogens with zero attached hydrogens (tertiary/aromatic N) is 1. The maximum atomic E-state index is 9.03. The number of hydrogen-bond acceptors (Lipinski definition) is 3. The Labute approximate surface area is 66.6 Å². The fourth-order valence-electron chi connectivity index (χ4n) is 2.47. The zero-order valence-corrected chi connectivity index (χ0v) is 6.61. The lowest BCUT2D eigenvalue weighted by atomic mass is 9.98. The summed E-state index contributed by atoms with van der Waals surface area (Å²) in [4.78, 5) is 2.38. The summed E-state index contributed by atoms with van der Waals surface area (Å²) in [6.07, 6.45) is 2.25. The molecule has 0 aromatic rings. The summed E-state index contributed by atoms with van der Waals surface area (Å²) in [7, 11) is 0. The fraction of sp³-hybridized carbons (Fsp3) is 1.00. The molecule has 0 bridgehead atoms. The molecule has 0 aliphatic carbocycles. The number of rotatable bonds is 1. The first-order valence-electron chi connectivity index (χ1n) is 4.39. The highest BCUT2D eigenvalue weighted by atomic mass is 16.5. The average Bonchev–Trinajstić information content (AvgIpc) is 2.41. The Balaban J connectivity index is 2.03. The number of aliphatic hydroxyl groups is 2. The molecule has 64 valence electrons. The van der Waals surface area contributed by atoms with Gasteiger partial charge in [-0.05, 0) is 32.4 Å². The zero-order chi connectivity index (χ0) is 7.84. The maximum absolute atomic E-state index is 9.03. The third kappa shape index (κ3) is 1.17. The van der Waals surface area contributed by atoms with Crippen molar-refractivity contribution in [2.24, 2.45) is 5.92 Å². The van der Waals surface area contributed by atoms with Crippen LogP contribution in [0.5, 0.6) is 0 Å². The standard InChI is InChI=1S/C8H15NO2/c10-8(11)6-3-5-9-4-1-2-7(6)9/h6-8,10-11H,1-5H2. The maximum Gasteiger partial charge on any atom is 0.155 e. The van der Waals surface area contributed by atoms with Crippen molar-refractivity contribution in [3.05, 3.63) is 0 Å². The van der Waals surface area contributed by atoms with Gasteiger partial charge in [0.05, 0.1) is 0 Å². The molecule has 0 amide bonds. The highest BCUT2D eigenvalue weighted by Crippen LogP contribution is 2.33. The van der Waals surface area contributed by atoms with Crippen molar-refractivity contribution in [3.8, 4) is 0 Å². The summed E-state index contributed by atoms with van der Waals surface area (Å²) in [5, 5.41) is 18.1. The van der Waals surface area contributed by atoms with E-state index in [9.17, 15) is 0 Å². The molecule has 2 atom stereocenters.